The first-order chi connectivity index (χ1) is 11.3. The third kappa shape index (κ3) is 3.88. The second-order valence-electron chi connectivity index (χ2n) is 6.22. The molecular weight excluding hydrogens is 314 g/mol. The molecule has 1 heterocycles. The number of amides is 2. The second-order valence-corrected chi connectivity index (χ2v) is 6.22. The Bertz CT molecular complexity index is 646. The summed E-state index contributed by atoms with van der Waals surface area (Å²) < 4.78 is 0. The van der Waals surface area contributed by atoms with E-state index in [4.69, 9.17) is 0 Å². The van der Waals surface area contributed by atoms with Crippen molar-refractivity contribution in [3.63, 3.8) is 0 Å². The van der Waals surface area contributed by atoms with Gasteiger partial charge >= 0.3 is 0 Å². The van der Waals surface area contributed by atoms with Crippen LogP contribution in [-0.2, 0) is 9.59 Å². The molecule has 1 saturated heterocycles. The van der Waals surface area contributed by atoms with Crippen molar-refractivity contribution in [2.75, 3.05) is 13.1 Å². The molecule has 24 heavy (non-hydrogen) atoms. The number of aliphatic hydroxyl groups excluding tert-OH is 1. The van der Waals surface area contributed by atoms with Crippen LogP contribution in [0.15, 0.2) is 24.3 Å². The average molecular weight is 335 g/mol. The summed E-state index contributed by atoms with van der Waals surface area (Å²) in [5.74, 6) is -0.658. The first-order valence-electron chi connectivity index (χ1n) is 7.82. The van der Waals surface area contributed by atoms with E-state index in [9.17, 15) is 24.8 Å². The van der Waals surface area contributed by atoms with E-state index in [-0.39, 0.29) is 23.1 Å². The third-order valence-corrected chi connectivity index (χ3v) is 3.94. The lowest BCUT2D eigenvalue weighted by molar-refractivity contribution is -0.385. The molecule has 2 atom stereocenters. The number of nitro groups is 1. The second kappa shape index (κ2) is 7.39. The molecule has 1 aliphatic heterocycles. The topological polar surface area (TPSA) is 113 Å². The number of nitro benzene ring substituents is 1. The summed E-state index contributed by atoms with van der Waals surface area (Å²) in [4.78, 5) is 36.3. The number of benzene rings is 1. The van der Waals surface area contributed by atoms with E-state index in [1.165, 1.54) is 29.2 Å². The van der Waals surface area contributed by atoms with Gasteiger partial charge in [0.05, 0.1) is 4.92 Å². The fourth-order valence-corrected chi connectivity index (χ4v) is 2.77. The van der Waals surface area contributed by atoms with Crippen LogP contribution in [0.2, 0.25) is 0 Å². The molecule has 2 amide bonds. The van der Waals surface area contributed by atoms with E-state index in [1.54, 1.807) is 0 Å². The molecule has 0 aliphatic carbocycles. The number of aliphatic hydroxyl groups is 1. The largest absolute Gasteiger partial charge is 0.378 e. The normalized spacial score (nSPS) is 19.1. The summed E-state index contributed by atoms with van der Waals surface area (Å²) >= 11 is 0. The lowest BCUT2D eigenvalue weighted by atomic mass is 9.98. The summed E-state index contributed by atoms with van der Waals surface area (Å²) in [5.41, 5.74) is -0.0575. The zero-order valence-electron chi connectivity index (χ0n) is 13.6. The minimum atomic E-state index is -1.54. The Kier molecular flexibility index (Phi) is 5.50. The Balaban J connectivity index is 2.23. The van der Waals surface area contributed by atoms with Crippen molar-refractivity contribution in [1.82, 2.24) is 10.2 Å². The van der Waals surface area contributed by atoms with E-state index in [2.05, 4.69) is 5.32 Å². The van der Waals surface area contributed by atoms with Gasteiger partial charge in [-0.3, -0.25) is 19.7 Å². The van der Waals surface area contributed by atoms with Crippen LogP contribution in [0, 0.1) is 16.0 Å². The molecule has 2 rings (SSSR count). The number of carbonyl (C=O) groups excluding carboxylic acids is 2. The molecular formula is C16H21N3O5. The van der Waals surface area contributed by atoms with Gasteiger partial charge in [-0.05, 0) is 17.9 Å². The van der Waals surface area contributed by atoms with Gasteiger partial charge in [-0.15, -0.1) is 0 Å². The molecule has 8 nitrogen and oxygen atoms in total. The molecule has 130 valence electrons. The number of nitrogens with zero attached hydrogens (tertiary/aromatic N) is 2. The van der Waals surface area contributed by atoms with Crippen molar-refractivity contribution in [3.05, 3.63) is 39.9 Å². The number of hydrogen-bond acceptors (Lipinski definition) is 5. The monoisotopic (exact) mass is 335 g/mol. The van der Waals surface area contributed by atoms with Gasteiger partial charge < -0.3 is 15.3 Å². The number of hydrogen-bond donors (Lipinski definition) is 2. The van der Waals surface area contributed by atoms with Crippen molar-refractivity contribution in [3.8, 4) is 0 Å². The van der Waals surface area contributed by atoms with Crippen LogP contribution >= 0.6 is 0 Å². The molecule has 1 fully saturated rings. The number of nitrogens with one attached hydrogen (secondary N) is 1. The number of piperazine rings is 1. The quantitative estimate of drug-likeness (QED) is 0.616. The lowest BCUT2D eigenvalue weighted by Gasteiger charge is -2.37. The Morgan fingerprint density at radius 1 is 1.50 bits per heavy atom. The van der Waals surface area contributed by atoms with Gasteiger partial charge in [0.1, 0.15) is 6.04 Å². The van der Waals surface area contributed by atoms with E-state index < -0.39 is 23.0 Å². The summed E-state index contributed by atoms with van der Waals surface area (Å²) in [6, 6.07) is 4.69. The number of carbonyl (C=O) groups is 2. The molecule has 0 bridgehead atoms. The van der Waals surface area contributed by atoms with Gasteiger partial charge in [0.15, 0.2) is 6.10 Å². The van der Waals surface area contributed by atoms with Gasteiger partial charge in [-0.1, -0.05) is 26.0 Å². The van der Waals surface area contributed by atoms with Crippen LogP contribution in [0.25, 0.3) is 0 Å². The maximum Gasteiger partial charge on any atom is 0.269 e. The SMILES string of the molecule is CC(C)C[C@@H]1C(=O)NCCN1C(=O)[C@@H](O)c1cccc([N+](=O)[O-])c1. The first kappa shape index (κ1) is 17.9. The zero-order chi connectivity index (χ0) is 17.9. The van der Waals surface area contributed by atoms with Crippen molar-refractivity contribution in [2.45, 2.75) is 32.4 Å². The van der Waals surface area contributed by atoms with Crippen LogP contribution in [0.5, 0.6) is 0 Å². The van der Waals surface area contributed by atoms with Crippen molar-refractivity contribution >= 4 is 17.5 Å². The molecule has 2 N–H and O–H groups in total. The van der Waals surface area contributed by atoms with Crippen LogP contribution < -0.4 is 5.32 Å². The Morgan fingerprint density at radius 3 is 2.83 bits per heavy atom. The number of rotatable bonds is 5. The molecule has 1 aromatic carbocycles. The maximum atomic E-state index is 12.6. The Hall–Kier alpha value is -2.48. The van der Waals surface area contributed by atoms with Gasteiger partial charge in [0.25, 0.3) is 11.6 Å². The third-order valence-electron chi connectivity index (χ3n) is 3.94. The summed E-state index contributed by atoms with van der Waals surface area (Å²) in [5, 5.41) is 23.9. The Morgan fingerprint density at radius 2 is 2.21 bits per heavy atom. The minimum absolute atomic E-state index is 0.142. The minimum Gasteiger partial charge on any atom is -0.378 e. The highest BCUT2D eigenvalue weighted by molar-refractivity contribution is 5.91. The Labute approximate surface area is 139 Å². The van der Waals surface area contributed by atoms with Crippen molar-refractivity contribution in [2.24, 2.45) is 5.92 Å². The fraction of sp³-hybridized carbons (Fsp3) is 0.500. The predicted octanol–water partition coefficient (Wildman–Crippen LogP) is 1.00. The van der Waals surface area contributed by atoms with E-state index in [0.29, 0.717) is 19.5 Å². The van der Waals surface area contributed by atoms with E-state index in [0.717, 1.165) is 0 Å². The van der Waals surface area contributed by atoms with Crippen molar-refractivity contribution in [1.29, 1.82) is 0 Å². The highest BCUT2D eigenvalue weighted by atomic mass is 16.6. The standard InChI is InChI=1S/C16H21N3O5/c1-10(2)8-13-15(21)17-6-7-18(13)16(22)14(20)11-4-3-5-12(9-11)19(23)24/h3-5,9-10,13-14,20H,6-8H2,1-2H3,(H,17,21)/t13-,14+/m1/s1. The van der Waals surface area contributed by atoms with Gasteiger partial charge in [-0.2, -0.15) is 0 Å². The summed E-state index contributed by atoms with van der Waals surface area (Å²) in [6.45, 7) is 4.51. The zero-order valence-corrected chi connectivity index (χ0v) is 13.6. The van der Waals surface area contributed by atoms with Crippen LogP contribution in [0.4, 0.5) is 5.69 Å². The van der Waals surface area contributed by atoms with Crippen molar-refractivity contribution < 1.29 is 19.6 Å². The van der Waals surface area contributed by atoms with Crippen LogP contribution in [0.1, 0.15) is 31.9 Å². The first-order valence-corrected chi connectivity index (χ1v) is 7.82. The molecule has 0 saturated carbocycles. The fourth-order valence-electron chi connectivity index (χ4n) is 2.77. The maximum absolute atomic E-state index is 12.6. The molecule has 0 aromatic heterocycles. The summed E-state index contributed by atoms with van der Waals surface area (Å²) in [6.07, 6.45) is -1.05. The number of non-ortho nitro benzene ring substituents is 1. The molecule has 1 aromatic rings. The van der Waals surface area contributed by atoms with Gasteiger partial charge in [-0.25, -0.2) is 0 Å². The molecule has 1 aliphatic rings. The van der Waals surface area contributed by atoms with E-state index >= 15 is 0 Å². The summed E-state index contributed by atoms with van der Waals surface area (Å²) in [7, 11) is 0. The predicted molar refractivity (Wildman–Crippen MR) is 86.0 cm³/mol. The van der Waals surface area contributed by atoms with Crippen LogP contribution in [0.3, 0.4) is 0 Å². The molecule has 0 unspecified atom stereocenters. The molecule has 0 radical (unpaired) electrons. The van der Waals surface area contributed by atoms with Crippen LogP contribution in [-0.4, -0.2) is 45.9 Å². The smallest absolute Gasteiger partial charge is 0.269 e. The lowest BCUT2D eigenvalue weighted by Crippen LogP contribution is -2.58. The molecule has 0 spiro atoms. The average Bonchev–Trinajstić information content (AvgIpc) is 2.55. The van der Waals surface area contributed by atoms with E-state index in [1.807, 2.05) is 13.8 Å². The highest BCUT2D eigenvalue weighted by Crippen LogP contribution is 2.24. The highest BCUT2D eigenvalue weighted by Gasteiger charge is 2.36. The van der Waals surface area contributed by atoms with Gasteiger partial charge in [0, 0.05) is 25.2 Å². The molecule has 8 heteroatoms. The van der Waals surface area contributed by atoms with Gasteiger partial charge in [0.2, 0.25) is 5.91 Å².